The number of carbonyl (C=O) groups is 1. The highest BCUT2D eigenvalue weighted by molar-refractivity contribution is 7.80. The van der Waals surface area contributed by atoms with Gasteiger partial charge in [0.25, 0.3) is 0 Å². The van der Waals surface area contributed by atoms with Gasteiger partial charge in [-0.25, -0.2) is 0 Å². The van der Waals surface area contributed by atoms with Crippen LogP contribution in [0.25, 0.3) is 0 Å². The number of hydrogen-bond donors (Lipinski definition) is 2. The molecule has 0 bridgehead atoms. The predicted octanol–water partition coefficient (Wildman–Crippen LogP) is 4.27. The molecular weight excluding hydrogens is 320 g/mol. The summed E-state index contributed by atoms with van der Waals surface area (Å²) in [5.41, 5.74) is 1.82. The van der Waals surface area contributed by atoms with Gasteiger partial charge < -0.3 is 15.4 Å². The number of rotatable bonds is 7. The smallest absolute Gasteiger partial charge is 0.226 e. The van der Waals surface area contributed by atoms with Crippen molar-refractivity contribution in [3.8, 4) is 5.75 Å². The lowest BCUT2D eigenvalue weighted by Crippen LogP contribution is -2.34. The fraction of sp³-hybridized carbons (Fsp3) is 0.263. The Morgan fingerprint density at radius 1 is 1.08 bits per heavy atom. The van der Waals surface area contributed by atoms with Crippen LogP contribution in [-0.2, 0) is 11.4 Å². The lowest BCUT2D eigenvalue weighted by atomic mass is 10.2. The molecule has 0 aliphatic heterocycles. The fourth-order valence-corrected chi connectivity index (χ4v) is 2.33. The number of amides is 1. The van der Waals surface area contributed by atoms with Crippen molar-refractivity contribution in [3.63, 3.8) is 0 Å². The van der Waals surface area contributed by atoms with Crippen LogP contribution in [0.15, 0.2) is 54.6 Å². The monoisotopic (exact) mass is 342 g/mol. The van der Waals surface area contributed by atoms with Gasteiger partial charge in [0.05, 0.1) is 5.69 Å². The number of anilines is 1. The van der Waals surface area contributed by atoms with Crippen molar-refractivity contribution >= 4 is 28.9 Å². The maximum atomic E-state index is 11.7. The van der Waals surface area contributed by atoms with Crippen molar-refractivity contribution in [2.75, 3.05) is 5.32 Å². The average molecular weight is 342 g/mol. The van der Waals surface area contributed by atoms with Gasteiger partial charge in [0, 0.05) is 6.42 Å². The van der Waals surface area contributed by atoms with Gasteiger partial charge in [-0.3, -0.25) is 4.79 Å². The molecule has 0 aliphatic rings. The lowest BCUT2D eigenvalue weighted by molar-refractivity contribution is -0.119. The summed E-state index contributed by atoms with van der Waals surface area (Å²) in [6.07, 6.45) is 2.31. The molecule has 24 heavy (non-hydrogen) atoms. The Balaban J connectivity index is 1.93. The second-order valence-electron chi connectivity index (χ2n) is 5.38. The topological polar surface area (TPSA) is 50.4 Å². The SMILES string of the molecule is CCCCC(=O)NC(=S)Nc1ccccc1OCc1ccccc1. The summed E-state index contributed by atoms with van der Waals surface area (Å²) >= 11 is 5.20. The van der Waals surface area contributed by atoms with Crippen molar-refractivity contribution in [2.45, 2.75) is 32.8 Å². The number of hydrogen-bond acceptors (Lipinski definition) is 3. The highest BCUT2D eigenvalue weighted by Gasteiger charge is 2.08. The molecule has 2 aromatic carbocycles. The standard InChI is InChI=1S/C19H22N2O2S/c1-2-3-13-18(22)21-19(24)20-16-11-7-8-12-17(16)23-14-15-9-5-4-6-10-15/h4-12H,2-3,13-14H2,1H3,(H2,20,21,22,24). The fourth-order valence-electron chi connectivity index (χ4n) is 2.11. The van der Waals surface area contributed by atoms with E-state index in [9.17, 15) is 4.79 Å². The molecule has 2 aromatic rings. The number of thiocarbonyl (C=S) groups is 1. The molecule has 2 rings (SSSR count). The first kappa shape index (κ1) is 17.9. The van der Waals surface area contributed by atoms with Crippen LogP contribution in [0.2, 0.25) is 0 Å². The van der Waals surface area contributed by atoms with Crippen LogP contribution in [0, 0.1) is 0 Å². The summed E-state index contributed by atoms with van der Waals surface area (Å²) in [7, 11) is 0. The first-order valence-electron chi connectivity index (χ1n) is 8.05. The molecular formula is C19H22N2O2S. The molecule has 0 heterocycles. The van der Waals surface area contributed by atoms with E-state index in [2.05, 4.69) is 10.6 Å². The normalized spacial score (nSPS) is 10.0. The minimum absolute atomic E-state index is 0.0722. The molecule has 0 saturated heterocycles. The van der Waals surface area contributed by atoms with Crippen LogP contribution in [0.4, 0.5) is 5.69 Å². The third-order valence-corrected chi connectivity index (χ3v) is 3.59. The van der Waals surface area contributed by atoms with E-state index in [1.54, 1.807) is 0 Å². The number of nitrogens with one attached hydrogen (secondary N) is 2. The Labute approximate surface area is 148 Å². The maximum absolute atomic E-state index is 11.7. The molecule has 0 unspecified atom stereocenters. The average Bonchev–Trinajstić information content (AvgIpc) is 2.60. The molecule has 4 nitrogen and oxygen atoms in total. The summed E-state index contributed by atoms with van der Waals surface area (Å²) in [5.74, 6) is 0.614. The quantitative estimate of drug-likeness (QED) is 0.738. The minimum Gasteiger partial charge on any atom is -0.487 e. The Morgan fingerprint density at radius 2 is 1.79 bits per heavy atom. The van der Waals surface area contributed by atoms with Crippen molar-refractivity contribution in [3.05, 3.63) is 60.2 Å². The van der Waals surface area contributed by atoms with E-state index < -0.39 is 0 Å². The largest absolute Gasteiger partial charge is 0.487 e. The zero-order chi connectivity index (χ0) is 17.2. The second-order valence-corrected chi connectivity index (χ2v) is 5.78. The highest BCUT2D eigenvalue weighted by atomic mass is 32.1. The maximum Gasteiger partial charge on any atom is 0.226 e. The van der Waals surface area contributed by atoms with Crippen molar-refractivity contribution in [2.24, 2.45) is 0 Å². The van der Waals surface area contributed by atoms with Crippen LogP contribution in [0.5, 0.6) is 5.75 Å². The Bertz CT molecular complexity index is 674. The summed E-state index contributed by atoms with van der Waals surface area (Å²) < 4.78 is 5.86. The molecule has 126 valence electrons. The van der Waals surface area contributed by atoms with Gasteiger partial charge in [0.2, 0.25) is 5.91 Å². The molecule has 0 saturated carbocycles. The van der Waals surface area contributed by atoms with E-state index >= 15 is 0 Å². The number of ether oxygens (including phenoxy) is 1. The molecule has 0 radical (unpaired) electrons. The lowest BCUT2D eigenvalue weighted by Gasteiger charge is -2.14. The van der Waals surface area contributed by atoms with E-state index in [1.807, 2.05) is 61.5 Å². The Hall–Kier alpha value is -2.40. The van der Waals surface area contributed by atoms with Crippen LogP contribution >= 0.6 is 12.2 Å². The third kappa shape index (κ3) is 6.01. The van der Waals surface area contributed by atoms with E-state index in [0.717, 1.165) is 24.1 Å². The van der Waals surface area contributed by atoms with E-state index in [-0.39, 0.29) is 11.0 Å². The van der Waals surface area contributed by atoms with Crippen molar-refractivity contribution < 1.29 is 9.53 Å². The second kappa shape index (κ2) is 9.67. The molecule has 0 aliphatic carbocycles. The molecule has 2 N–H and O–H groups in total. The molecule has 0 atom stereocenters. The van der Waals surface area contributed by atoms with E-state index in [1.165, 1.54) is 0 Å². The van der Waals surface area contributed by atoms with Gasteiger partial charge in [0.15, 0.2) is 5.11 Å². The number of unbranched alkanes of at least 4 members (excludes halogenated alkanes) is 1. The Morgan fingerprint density at radius 3 is 2.54 bits per heavy atom. The molecule has 0 aromatic heterocycles. The highest BCUT2D eigenvalue weighted by Crippen LogP contribution is 2.24. The first-order chi connectivity index (χ1) is 11.7. The summed E-state index contributed by atoms with van der Waals surface area (Å²) in [4.78, 5) is 11.7. The van der Waals surface area contributed by atoms with E-state index in [0.29, 0.717) is 18.8 Å². The van der Waals surface area contributed by atoms with Crippen LogP contribution in [0.1, 0.15) is 31.7 Å². The zero-order valence-electron chi connectivity index (χ0n) is 13.7. The van der Waals surface area contributed by atoms with Crippen molar-refractivity contribution in [1.82, 2.24) is 5.32 Å². The summed E-state index contributed by atoms with van der Waals surface area (Å²) in [6, 6.07) is 17.5. The van der Waals surface area contributed by atoms with Gasteiger partial charge in [-0.2, -0.15) is 0 Å². The van der Waals surface area contributed by atoms with E-state index in [4.69, 9.17) is 17.0 Å². The molecule has 0 fully saturated rings. The zero-order valence-corrected chi connectivity index (χ0v) is 14.6. The number of benzene rings is 2. The molecule has 0 spiro atoms. The van der Waals surface area contributed by atoms with Crippen LogP contribution < -0.4 is 15.4 Å². The van der Waals surface area contributed by atoms with Crippen molar-refractivity contribution in [1.29, 1.82) is 0 Å². The minimum atomic E-state index is -0.0722. The Kier molecular flexibility index (Phi) is 7.23. The van der Waals surface area contributed by atoms with Gasteiger partial charge in [-0.1, -0.05) is 55.8 Å². The summed E-state index contributed by atoms with van der Waals surface area (Å²) in [6.45, 7) is 2.51. The summed E-state index contributed by atoms with van der Waals surface area (Å²) in [5, 5.41) is 6.00. The van der Waals surface area contributed by atoms with Crippen LogP contribution in [-0.4, -0.2) is 11.0 Å². The number of carbonyl (C=O) groups excluding carboxylic acids is 1. The van der Waals surface area contributed by atoms with Gasteiger partial charge in [-0.05, 0) is 36.3 Å². The molecule has 1 amide bonds. The van der Waals surface area contributed by atoms with Crippen LogP contribution in [0.3, 0.4) is 0 Å². The van der Waals surface area contributed by atoms with Gasteiger partial charge in [-0.15, -0.1) is 0 Å². The predicted molar refractivity (Wildman–Crippen MR) is 101 cm³/mol. The third-order valence-electron chi connectivity index (χ3n) is 3.38. The first-order valence-corrected chi connectivity index (χ1v) is 8.46. The van der Waals surface area contributed by atoms with Gasteiger partial charge in [0.1, 0.15) is 12.4 Å². The number of para-hydroxylation sites is 2. The molecule has 5 heteroatoms. The van der Waals surface area contributed by atoms with Gasteiger partial charge >= 0.3 is 0 Å².